The quantitative estimate of drug-likeness (QED) is 0.817. The van der Waals surface area contributed by atoms with Crippen molar-refractivity contribution >= 4 is 22.4 Å². The number of rotatable bonds is 6. The number of hydrogen-bond donors (Lipinski definition) is 0. The number of amides is 1. The van der Waals surface area contributed by atoms with Gasteiger partial charge < -0.3 is 9.30 Å². The van der Waals surface area contributed by atoms with Crippen LogP contribution in [0.1, 0.15) is 31.2 Å². The zero-order valence-electron chi connectivity index (χ0n) is 13.0. The fourth-order valence-electron chi connectivity index (χ4n) is 2.73. The fraction of sp³-hybridized carbons (Fsp3) is 0.500. The van der Waals surface area contributed by atoms with Crippen LogP contribution in [0.15, 0.2) is 24.4 Å². The molecule has 1 fully saturated rings. The van der Waals surface area contributed by atoms with Gasteiger partial charge in [-0.1, -0.05) is 6.07 Å². The Balaban J connectivity index is 1.65. The van der Waals surface area contributed by atoms with E-state index in [9.17, 15) is 9.00 Å². The van der Waals surface area contributed by atoms with Crippen LogP contribution in [0, 0.1) is 6.92 Å². The molecule has 1 saturated carbocycles. The molecule has 118 valence electrons. The van der Waals surface area contributed by atoms with Gasteiger partial charge in [0.05, 0.1) is 11.4 Å². The summed E-state index contributed by atoms with van der Waals surface area (Å²) in [5, 5.41) is 0. The molecule has 6 heteroatoms. The third-order valence-corrected chi connectivity index (χ3v) is 5.17. The van der Waals surface area contributed by atoms with Crippen molar-refractivity contribution in [2.45, 2.75) is 38.5 Å². The van der Waals surface area contributed by atoms with Gasteiger partial charge in [0.15, 0.2) is 0 Å². The highest BCUT2D eigenvalue weighted by atomic mass is 32.2. The van der Waals surface area contributed by atoms with Gasteiger partial charge in [0.2, 0.25) is 5.91 Å². The maximum Gasteiger partial charge on any atom is 0.235 e. The molecule has 5 nitrogen and oxygen atoms in total. The summed E-state index contributed by atoms with van der Waals surface area (Å²) in [6.07, 6.45) is 4.07. The molecule has 2 aromatic heterocycles. The molecule has 0 unspecified atom stereocenters. The number of aryl methyl sites for hydroxylation is 1. The molecule has 0 aromatic carbocycles. The smallest absolute Gasteiger partial charge is 0.235 e. The van der Waals surface area contributed by atoms with Crippen LogP contribution in [0.5, 0.6) is 0 Å². The first kappa shape index (κ1) is 15.2. The number of aromatic nitrogens is 2. The van der Waals surface area contributed by atoms with Crippen molar-refractivity contribution in [3.05, 3.63) is 35.8 Å². The largest absolute Gasteiger partial charge is 0.339 e. The van der Waals surface area contributed by atoms with Crippen LogP contribution < -0.4 is 0 Å². The molecular formula is C16H21N3O2S. The Hall–Kier alpha value is -1.69. The monoisotopic (exact) mass is 319 g/mol. The lowest BCUT2D eigenvalue weighted by molar-refractivity contribution is -0.128. The Morgan fingerprint density at radius 2 is 2.23 bits per heavy atom. The van der Waals surface area contributed by atoms with Crippen LogP contribution in [0.2, 0.25) is 0 Å². The maximum absolute atomic E-state index is 12.3. The highest BCUT2D eigenvalue weighted by Crippen LogP contribution is 2.26. The molecule has 22 heavy (non-hydrogen) atoms. The predicted octanol–water partition coefficient (Wildman–Crippen LogP) is 1.90. The van der Waals surface area contributed by atoms with Crippen molar-refractivity contribution in [1.29, 1.82) is 0 Å². The van der Waals surface area contributed by atoms with E-state index in [1.165, 1.54) is 0 Å². The molecule has 0 N–H and O–H groups in total. The van der Waals surface area contributed by atoms with Crippen molar-refractivity contribution in [2.75, 3.05) is 12.3 Å². The minimum atomic E-state index is -1.21. The summed E-state index contributed by atoms with van der Waals surface area (Å²) in [4.78, 5) is 18.5. The van der Waals surface area contributed by atoms with E-state index >= 15 is 0 Å². The van der Waals surface area contributed by atoms with E-state index in [2.05, 4.69) is 4.98 Å². The molecule has 2 heterocycles. The van der Waals surface area contributed by atoms with Gasteiger partial charge in [-0.3, -0.25) is 9.00 Å². The molecule has 0 radical (unpaired) electrons. The van der Waals surface area contributed by atoms with E-state index in [4.69, 9.17) is 0 Å². The van der Waals surface area contributed by atoms with Gasteiger partial charge in [0.25, 0.3) is 0 Å². The number of fused-ring (bicyclic) bond motifs is 1. The average Bonchev–Trinajstić information content (AvgIpc) is 3.20. The lowest BCUT2D eigenvalue weighted by Crippen LogP contribution is -2.36. The van der Waals surface area contributed by atoms with Gasteiger partial charge in [-0.25, -0.2) is 4.98 Å². The van der Waals surface area contributed by atoms with Crippen LogP contribution >= 0.6 is 0 Å². The van der Waals surface area contributed by atoms with Gasteiger partial charge in [0, 0.05) is 35.3 Å². The standard InChI is InChI=1S/C16H21N3O2S/c1-3-18(14-7-8-14)16(20)11-22(21)10-13-9-19-12(2)5-4-6-15(19)17-13/h4-6,9,14H,3,7-8,10-11H2,1-2H3/t22-/m1/s1. The second-order valence-corrected chi connectivity index (χ2v) is 7.22. The average molecular weight is 319 g/mol. The number of carbonyl (C=O) groups excluding carboxylic acids is 1. The minimum Gasteiger partial charge on any atom is -0.339 e. The van der Waals surface area contributed by atoms with E-state index in [1.54, 1.807) is 0 Å². The van der Waals surface area contributed by atoms with Gasteiger partial charge in [-0.2, -0.15) is 0 Å². The number of pyridine rings is 1. The third kappa shape index (κ3) is 3.21. The lowest BCUT2D eigenvalue weighted by Gasteiger charge is -2.19. The Morgan fingerprint density at radius 1 is 1.45 bits per heavy atom. The first-order valence-corrected chi connectivity index (χ1v) is 9.15. The van der Waals surface area contributed by atoms with Crippen LogP contribution in [-0.2, 0) is 21.3 Å². The minimum absolute atomic E-state index is 0.00304. The summed E-state index contributed by atoms with van der Waals surface area (Å²) < 4.78 is 14.2. The molecule has 0 bridgehead atoms. The Labute approximate surface area is 132 Å². The zero-order chi connectivity index (χ0) is 15.7. The van der Waals surface area contributed by atoms with Crippen molar-refractivity contribution in [3.63, 3.8) is 0 Å². The normalized spacial score (nSPS) is 15.9. The van der Waals surface area contributed by atoms with Crippen LogP contribution in [0.4, 0.5) is 0 Å². The van der Waals surface area contributed by atoms with E-state index < -0.39 is 10.8 Å². The van der Waals surface area contributed by atoms with Crippen LogP contribution in [0.3, 0.4) is 0 Å². The highest BCUT2D eigenvalue weighted by molar-refractivity contribution is 7.84. The summed E-state index contributed by atoms with van der Waals surface area (Å²) >= 11 is 0. The second-order valence-electron chi connectivity index (χ2n) is 5.77. The second kappa shape index (κ2) is 6.20. The zero-order valence-corrected chi connectivity index (χ0v) is 13.8. The van der Waals surface area contributed by atoms with E-state index in [0.717, 1.165) is 29.9 Å². The fourth-order valence-corrected chi connectivity index (χ4v) is 3.74. The summed E-state index contributed by atoms with van der Waals surface area (Å²) in [6, 6.07) is 6.27. The molecule has 0 saturated heterocycles. The Kier molecular flexibility index (Phi) is 4.29. The number of imidazole rings is 1. The molecule has 3 rings (SSSR count). The molecule has 1 atom stereocenters. The summed E-state index contributed by atoms with van der Waals surface area (Å²) in [5.74, 6) is 0.426. The van der Waals surface area contributed by atoms with Gasteiger partial charge in [-0.05, 0) is 38.8 Å². The van der Waals surface area contributed by atoms with Crippen molar-refractivity contribution < 1.29 is 9.00 Å². The van der Waals surface area contributed by atoms with Gasteiger partial charge in [-0.15, -0.1) is 0 Å². The Bertz CT molecular complexity index is 721. The number of carbonyl (C=O) groups is 1. The highest BCUT2D eigenvalue weighted by Gasteiger charge is 2.31. The first-order valence-electron chi connectivity index (χ1n) is 7.66. The molecule has 2 aromatic rings. The van der Waals surface area contributed by atoms with Crippen LogP contribution in [0.25, 0.3) is 5.65 Å². The first-order chi connectivity index (χ1) is 10.6. The van der Waals surface area contributed by atoms with E-state index in [1.807, 2.05) is 47.5 Å². The number of nitrogens with zero attached hydrogens (tertiary/aromatic N) is 3. The summed E-state index contributed by atoms with van der Waals surface area (Å²) in [7, 11) is -1.21. The van der Waals surface area contributed by atoms with Gasteiger partial charge in [0.1, 0.15) is 11.4 Å². The van der Waals surface area contributed by atoms with Crippen LogP contribution in [-0.4, -0.2) is 42.7 Å². The third-order valence-electron chi connectivity index (χ3n) is 3.99. The summed E-state index contributed by atoms with van der Waals surface area (Å²) in [5.41, 5.74) is 2.71. The maximum atomic E-state index is 12.3. The summed E-state index contributed by atoms with van der Waals surface area (Å²) in [6.45, 7) is 4.69. The van der Waals surface area contributed by atoms with E-state index in [0.29, 0.717) is 18.3 Å². The Morgan fingerprint density at radius 3 is 2.86 bits per heavy atom. The predicted molar refractivity (Wildman–Crippen MR) is 87.1 cm³/mol. The topological polar surface area (TPSA) is 54.7 Å². The van der Waals surface area contributed by atoms with Crippen molar-refractivity contribution in [2.24, 2.45) is 0 Å². The number of hydrogen-bond acceptors (Lipinski definition) is 3. The molecular weight excluding hydrogens is 298 g/mol. The van der Waals surface area contributed by atoms with Crippen molar-refractivity contribution in [1.82, 2.24) is 14.3 Å². The molecule has 1 aliphatic carbocycles. The molecule has 1 aliphatic rings. The van der Waals surface area contributed by atoms with Gasteiger partial charge >= 0.3 is 0 Å². The molecule has 1 amide bonds. The molecule has 0 spiro atoms. The SMILES string of the molecule is CCN(C(=O)C[S@](=O)Cc1cn2c(C)cccc2n1)C1CC1. The van der Waals surface area contributed by atoms with Crippen molar-refractivity contribution in [3.8, 4) is 0 Å². The van der Waals surface area contributed by atoms with E-state index in [-0.39, 0.29) is 11.7 Å². The molecule has 0 aliphatic heterocycles. The lowest BCUT2D eigenvalue weighted by atomic mass is 10.4.